The van der Waals surface area contributed by atoms with Crippen LogP contribution in [0, 0.1) is 17.8 Å². The second-order valence-corrected chi connectivity index (χ2v) is 12.0. The summed E-state index contributed by atoms with van der Waals surface area (Å²) in [5, 5.41) is 9.37. The number of unbranched alkanes of at least 4 members (excludes halogenated alkanes) is 14. The van der Waals surface area contributed by atoms with Gasteiger partial charge in [-0.05, 0) is 50.9 Å². The molecule has 212 valence electrons. The molecule has 0 aromatic carbocycles. The molecule has 3 unspecified atom stereocenters. The maximum absolute atomic E-state index is 12.9. The second kappa shape index (κ2) is 22.0. The van der Waals surface area contributed by atoms with Crippen LogP contribution >= 0.6 is 0 Å². The highest BCUT2D eigenvalue weighted by Gasteiger charge is 2.32. The lowest BCUT2D eigenvalue weighted by atomic mass is 9.81. The molecule has 4 nitrogen and oxygen atoms in total. The van der Waals surface area contributed by atoms with Gasteiger partial charge in [-0.2, -0.15) is 0 Å². The van der Waals surface area contributed by atoms with E-state index in [0.717, 1.165) is 44.4 Å². The standard InChI is InChI=1S/C32H60O4/c1-4-5-6-7-8-9-12-15-18-24-30(25-19-16-13-10-11-14-17-21-27(2)3)36-32(35)29-23-20-22-28(26-29)31(33)34/h27-30H,4-26H2,1-3H3,(H,33,34). The highest BCUT2D eigenvalue weighted by Crippen LogP contribution is 2.31. The predicted molar refractivity (Wildman–Crippen MR) is 151 cm³/mol. The first-order chi connectivity index (χ1) is 17.4. The van der Waals surface area contributed by atoms with Gasteiger partial charge in [0.05, 0.1) is 11.8 Å². The third kappa shape index (κ3) is 17.4. The summed E-state index contributed by atoms with van der Waals surface area (Å²) in [6.45, 7) is 6.87. The second-order valence-electron chi connectivity index (χ2n) is 12.0. The Balaban J connectivity index is 2.33. The van der Waals surface area contributed by atoms with Gasteiger partial charge in [0.15, 0.2) is 0 Å². The maximum atomic E-state index is 12.9. The molecule has 4 heteroatoms. The van der Waals surface area contributed by atoms with Crippen molar-refractivity contribution >= 4 is 11.9 Å². The van der Waals surface area contributed by atoms with Crippen molar-refractivity contribution in [2.75, 3.05) is 0 Å². The lowest BCUT2D eigenvalue weighted by molar-refractivity contribution is -0.158. The van der Waals surface area contributed by atoms with Gasteiger partial charge in [-0.15, -0.1) is 0 Å². The van der Waals surface area contributed by atoms with E-state index in [9.17, 15) is 14.7 Å². The fourth-order valence-electron chi connectivity index (χ4n) is 5.64. The molecule has 1 fully saturated rings. The molecule has 0 spiro atoms. The molecule has 0 amide bonds. The normalized spacial score (nSPS) is 18.9. The Bertz CT molecular complexity index is 544. The summed E-state index contributed by atoms with van der Waals surface area (Å²) in [4.78, 5) is 24.3. The van der Waals surface area contributed by atoms with E-state index in [1.807, 2.05) is 0 Å². The van der Waals surface area contributed by atoms with Crippen molar-refractivity contribution in [3.05, 3.63) is 0 Å². The van der Waals surface area contributed by atoms with E-state index in [1.165, 1.54) is 96.3 Å². The summed E-state index contributed by atoms with van der Waals surface area (Å²) >= 11 is 0. The molecule has 36 heavy (non-hydrogen) atoms. The number of aliphatic carboxylic acids is 1. The molecule has 0 radical (unpaired) electrons. The van der Waals surface area contributed by atoms with Gasteiger partial charge in [0.1, 0.15) is 6.10 Å². The van der Waals surface area contributed by atoms with Crippen LogP contribution in [0.3, 0.4) is 0 Å². The van der Waals surface area contributed by atoms with Crippen LogP contribution in [0.15, 0.2) is 0 Å². The quantitative estimate of drug-likeness (QED) is 0.110. The topological polar surface area (TPSA) is 63.6 Å². The Labute approximate surface area is 223 Å². The molecule has 1 aliphatic carbocycles. The number of carbonyl (C=O) groups is 2. The highest BCUT2D eigenvalue weighted by atomic mass is 16.5. The summed E-state index contributed by atoms with van der Waals surface area (Å²) in [6, 6.07) is 0. The molecule has 0 aliphatic heterocycles. The molecule has 0 bridgehead atoms. The zero-order valence-corrected chi connectivity index (χ0v) is 24.2. The fourth-order valence-corrected chi connectivity index (χ4v) is 5.64. The summed E-state index contributed by atoms with van der Waals surface area (Å²) < 4.78 is 6.04. The van der Waals surface area contributed by atoms with E-state index < -0.39 is 5.97 Å². The van der Waals surface area contributed by atoms with Crippen LogP contribution in [0.2, 0.25) is 0 Å². The average Bonchev–Trinajstić information content (AvgIpc) is 2.86. The summed E-state index contributed by atoms with van der Waals surface area (Å²) in [7, 11) is 0. The number of carboxylic acid groups (broad SMARTS) is 1. The van der Waals surface area contributed by atoms with Crippen LogP contribution in [0.1, 0.15) is 168 Å². The van der Waals surface area contributed by atoms with E-state index >= 15 is 0 Å². The van der Waals surface area contributed by atoms with Gasteiger partial charge in [-0.25, -0.2) is 0 Å². The molecule has 1 aliphatic rings. The Hall–Kier alpha value is -1.06. The number of carbonyl (C=O) groups excluding carboxylic acids is 1. The number of hydrogen-bond acceptors (Lipinski definition) is 3. The molecule has 0 aromatic rings. The van der Waals surface area contributed by atoms with Gasteiger partial charge in [0.25, 0.3) is 0 Å². The SMILES string of the molecule is CCCCCCCCCCCC(CCCCCCCCCC(C)C)OC(=O)C1CCCC(C(=O)O)C1. The summed E-state index contributed by atoms with van der Waals surface area (Å²) in [6.07, 6.45) is 26.8. The van der Waals surface area contributed by atoms with Crippen molar-refractivity contribution in [2.24, 2.45) is 17.8 Å². The zero-order valence-electron chi connectivity index (χ0n) is 24.2. The third-order valence-corrected chi connectivity index (χ3v) is 8.08. The Morgan fingerprint density at radius 2 is 1.14 bits per heavy atom. The number of esters is 1. The van der Waals surface area contributed by atoms with Crippen LogP contribution in [0.4, 0.5) is 0 Å². The van der Waals surface area contributed by atoms with E-state index in [0.29, 0.717) is 12.8 Å². The Kier molecular flexibility index (Phi) is 20.1. The molecular weight excluding hydrogens is 448 g/mol. The van der Waals surface area contributed by atoms with Gasteiger partial charge in [0.2, 0.25) is 0 Å². The largest absolute Gasteiger partial charge is 0.481 e. The molecule has 1 N–H and O–H groups in total. The zero-order chi connectivity index (χ0) is 26.4. The van der Waals surface area contributed by atoms with Crippen LogP contribution < -0.4 is 0 Å². The van der Waals surface area contributed by atoms with E-state index in [2.05, 4.69) is 20.8 Å². The number of hydrogen-bond donors (Lipinski definition) is 1. The fraction of sp³-hybridized carbons (Fsp3) is 0.938. The van der Waals surface area contributed by atoms with Crippen molar-refractivity contribution < 1.29 is 19.4 Å². The molecule has 0 saturated heterocycles. The summed E-state index contributed by atoms with van der Waals surface area (Å²) in [5.41, 5.74) is 0. The van der Waals surface area contributed by atoms with Gasteiger partial charge in [-0.1, -0.05) is 124 Å². The smallest absolute Gasteiger partial charge is 0.309 e. The van der Waals surface area contributed by atoms with Gasteiger partial charge >= 0.3 is 11.9 Å². The minimum Gasteiger partial charge on any atom is -0.481 e. The van der Waals surface area contributed by atoms with Gasteiger partial charge in [0, 0.05) is 0 Å². The van der Waals surface area contributed by atoms with Crippen LogP contribution in [0.5, 0.6) is 0 Å². The van der Waals surface area contributed by atoms with Crippen molar-refractivity contribution in [1.82, 2.24) is 0 Å². The molecular formula is C32H60O4. The number of ether oxygens (including phenoxy) is 1. The third-order valence-electron chi connectivity index (χ3n) is 8.08. The first kappa shape index (κ1) is 33.0. The predicted octanol–water partition coefficient (Wildman–Crippen LogP) is 9.88. The van der Waals surface area contributed by atoms with E-state index in [1.54, 1.807) is 0 Å². The van der Waals surface area contributed by atoms with Crippen LogP contribution in [0.25, 0.3) is 0 Å². The minimum atomic E-state index is -0.761. The molecule has 0 heterocycles. The van der Waals surface area contributed by atoms with Crippen molar-refractivity contribution in [1.29, 1.82) is 0 Å². The van der Waals surface area contributed by atoms with Gasteiger partial charge in [-0.3, -0.25) is 9.59 Å². The summed E-state index contributed by atoms with van der Waals surface area (Å²) in [5.74, 6) is -0.682. The van der Waals surface area contributed by atoms with Crippen molar-refractivity contribution in [3.8, 4) is 0 Å². The molecule has 1 rings (SSSR count). The average molecular weight is 509 g/mol. The minimum absolute atomic E-state index is 0.0123. The maximum Gasteiger partial charge on any atom is 0.309 e. The Morgan fingerprint density at radius 3 is 1.61 bits per heavy atom. The molecule has 3 atom stereocenters. The lowest BCUT2D eigenvalue weighted by Crippen LogP contribution is -2.31. The first-order valence-electron chi connectivity index (χ1n) is 15.9. The van der Waals surface area contributed by atoms with E-state index in [4.69, 9.17) is 4.74 Å². The number of rotatable bonds is 23. The lowest BCUT2D eigenvalue weighted by Gasteiger charge is -2.27. The van der Waals surface area contributed by atoms with Crippen LogP contribution in [-0.4, -0.2) is 23.1 Å². The van der Waals surface area contributed by atoms with Crippen LogP contribution in [-0.2, 0) is 14.3 Å². The first-order valence-corrected chi connectivity index (χ1v) is 15.9. The Morgan fingerprint density at radius 1 is 0.694 bits per heavy atom. The highest BCUT2D eigenvalue weighted by molar-refractivity contribution is 5.75. The van der Waals surface area contributed by atoms with E-state index in [-0.39, 0.29) is 23.9 Å². The number of carboxylic acids is 1. The van der Waals surface area contributed by atoms with Crippen molar-refractivity contribution in [3.63, 3.8) is 0 Å². The molecule has 1 saturated carbocycles. The molecule has 0 aromatic heterocycles. The van der Waals surface area contributed by atoms with Crippen molar-refractivity contribution in [2.45, 2.75) is 175 Å². The monoisotopic (exact) mass is 508 g/mol. The van der Waals surface area contributed by atoms with Gasteiger partial charge < -0.3 is 9.84 Å².